The van der Waals surface area contributed by atoms with E-state index in [2.05, 4.69) is 26.2 Å². The first-order valence-electron chi connectivity index (χ1n) is 4.69. The molecule has 2 aromatic rings. The van der Waals surface area contributed by atoms with E-state index in [-0.39, 0.29) is 5.69 Å². The summed E-state index contributed by atoms with van der Waals surface area (Å²) in [5.74, 6) is -1.09. The molecule has 0 saturated carbocycles. The molecule has 88 valence electrons. The second kappa shape index (κ2) is 4.67. The molecule has 3 nitrogen and oxygen atoms in total. The van der Waals surface area contributed by atoms with Gasteiger partial charge in [-0.1, -0.05) is 0 Å². The van der Waals surface area contributed by atoms with E-state index in [0.717, 1.165) is 18.2 Å². The fourth-order valence-electron chi connectivity index (χ4n) is 1.31. The van der Waals surface area contributed by atoms with Crippen LogP contribution in [0.2, 0.25) is 0 Å². The van der Waals surface area contributed by atoms with E-state index in [1.165, 1.54) is 12.4 Å². The first-order valence-corrected chi connectivity index (χ1v) is 5.48. The summed E-state index contributed by atoms with van der Waals surface area (Å²) in [5.41, 5.74) is 6.49. The third kappa shape index (κ3) is 2.52. The third-order valence-corrected chi connectivity index (χ3v) is 2.72. The molecular weight excluding hydrogens is 292 g/mol. The monoisotopic (exact) mass is 299 g/mol. The van der Waals surface area contributed by atoms with E-state index in [1.54, 1.807) is 0 Å². The Morgan fingerprint density at radius 2 is 2.00 bits per heavy atom. The smallest absolute Gasteiger partial charge is 0.146 e. The van der Waals surface area contributed by atoms with Crippen LogP contribution in [0.25, 0.3) is 0 Å². The molecular formula is C11H8BrF2N3. The van der Waals surface area contributed by atoms with Crippen LogP contribution in [0.3, 0.4) is 0 Å². The van der Waals surface area contributed by atoms with Crippen molar-refractivity contribution in [1.29, 1.82) is 0 Å². The lowest BCUT2D eigenvalue weighted by Gasteiger charge is -2.11. The number of nitrogens with zero attached hydrogens (tertiary/aromatic N) is 1. The average Bonchev–Trinajstić information content (AvgIpc) is 2.28. The molecule has 0 amide bonds. The minimum Gasteiger partial charge on any atom is -0.396 e. The number of hydrogen-bond donors (Lipinski definition) is 2. The molecule has 0 atom stereocenters. The predicted molar refractivity (Wildman–Crippen MR) is 66.0 cm³/mol. The number of anilines is 3. The Labute approximate surface area is 105 Å². The van der Waals surface area contributed by atoms with Gasteiger partial charge in [-0.2, -0.15) is 0 Å². The van der Waals surface area contributed by atoms with Crippen LogP contribution in [-0.4, -0.2) is 4.98 Å². The number of nitrogen functional groups attached to an aromatic ring is 1. The van der Waals surface area contributed by atoms with Gasteiger partial charge >= 0.3 is 0 Å². The molecule has 6 heteroatoms. The van der Waals surface area contributed by atoms with Crippen molar-refractivity contribution in [2.75, 3.05) is 11.1 Å². The number of halogens is 3. The van der Waals surface area contributed by atoms with Crippen molar-refractivity contribution in [2.24, 2.45) is 0 Å². The first kappa shape index (κ1) is 11.8. The van der Waals surface area contributed by atoms with Crippen LogP contribution in [0.15, 0.2) is 35.1 Å². The zero-order chi connectivity index (χ0) is 12.4. The number of rotatable bonds is 2. The fraction of sp³-hybridized carbons (Fsp3) is 0. The van der Waals surface area contributed by atoms with E-state index in [0.29, 0.717) is 15.8 Å². The second-order valence-corrected chi connectivity index (χ2v) is 4.19. The van der Waals surface area contributed by atoms with Crippen LogP contribution in [-0.2, 0) is 0 Å². The average molecular weight is 300 g/mol. The van der Waals surface area contributed by atoms with Crippen LogP contribution in [0, 0.1) is 11.6 Å². The molecule has 0 fully saturated rings. The zero-order valence-corrected chi connectivity index (χ0v) is 10.1. The summed E-state index contributed by atoms with van der Waals surface area (Å²) in [6.07, 6.45) is 2.93. The molecule has 0 radical (unpaired) electrons. The van der Waals surface area contributed by atoms with Crippen LogP contribution in [0.5, 0.6) is 0 Å². The van der Waals surface area contributed by atoms with E-state index in [9.17, 15) is 8.78 Å². The largest absolute Gasteiger partial charge is 0.396 e. The standard InChI is InChI=1S/C11H8BrF2N3/c12-7-4-16-5-9(15)11(7)17-10-3-6(13)1-2-8(10)14/h1-5H,15H2,(H,16,17). The van der Waals surface area contributed by atoms with Gasteiger partial charge in [0.25, 0.3) is 0 Å². The number of benzene rings is 1. The number of aromatic nitrogens is 1. The van der Waals surface area contributed by atoms with Crippen molar-refractivity contribution >= 4 is 33.0 Å². The Balaban J connectivity index is 2.41. The van der Waals surface area contributed by atoms with E-state index < -0.39 is 11.6 Å². The number of nitrogens with two attached hydrogens (primary N) is 1. The number of pyridine rings is 1. The van der Waals surface area contributed by atoms with Crippen LogP contribution >= 0.6 is 15.9 Å². The summed E-state index contributed by atoms with van der Waals surface area (Å²) in [4.78, 5) is 3.85. The van der Waals surface area contributed by atoms with Gasteiger partial charge in [-0.15, -0.1) is 0 Å². The van der Waals surface area contributed by atoms with Gasteiger partial charge in [-0.25, -0.2) is 8.78 Å². The van der Waals surface area contributed by atoms with Crippen LogP contribution in [0.4, 0.5) is 25.8 Å². The summed E-state index contributed by atoms with van der Waals surface area (Å²) in [6.45, 7) is 0. The highest BCUT2D eigenvalue weighted by atomic mass is 79.9. The predicted octanol–water partition coefficient (Wildman–Crippen LogP) is 3.45. The van der Waals surface area contributed by atoms with E-state index >= 15 is 0 Å². The quantitative estimate of drug-likeness (QED) is 0.893. The number of hydrogen-bond acceptors (Lipinski definition) is 3. The maximum absolute atomic E-state index is 13.4. The molecule has 0 saturated heterocycles. The molecule has 0 aliphatic rings. The molecule has 0 aliphatic heterocycles. The van der Waals surface area contributed by atoms with Gasteiger partial charge in [-0.3, -0.25) is 4.98 Å². The van der Waals surface area contributed by atoms with Crippen molar-refractivity contribution in [2.45, 2.75) is 0 Å². The Morgan fingerprint density at radius 1 is 1.24 bits per heavy atom. The Bertz CT molecular complexity index is 540. The van der Waals surface area contributed by atoms with Crippen LogP contribution < -0.4 is 11.1 Å². The summed E-state index contributed by atoms with van der Waals surface area (Å²) < 4.78 is 27.0. The van der Waals surface area contributed by atoms with Gasteiger partial charge in [0.1, 0.15) is 11.6 Å². The van der Waals surface area contributed by atoms with Crippen molar-refractivity contribution in [3.05, 3.63) is 46.7 Å². The molecule has 2 rings (SSSR count). The molecule has 0 unspecified atom stereocenters. The highest BCUT2D eigenvalue weighted by Crippen LogP contribution is 2.31. The minimum atomic E-state index is -0.561. The molecule has 0 bridgehead atoms. The molecule has 1 aromatic carbocycles. The molecule has 1 heterocycles. The topological polar surface area (TPSA) is 50.9 Å². The molecule has 3 N–H and O–H groups in total. The van der Waals surface area contributed by atoms with E-state index in [1.807, 2.05) is 0 Å². The third-order valence-electron chi connectivity index (χ3n) is 2.12. The summed E-state index contributed by atoms with van der Waals surface area (Å²) >= 11 is 3.23. The normalized spacial score (nSPS) is 10.3. The summed E-state index contributed by atoms with van der Waals surface area (Å²) in [5, 5.41) is 2.72. The Kier molecular flexibility index (Phi) is 3.23. The fourth-order valence-corrected chi connectivity index (χ4v) is 1.76. The Morgan fingerprint density at radius 3 is 2.71 bits per heavy atom. The maximum atomic E-state index is 13.4. The lowest BCUT2D eigenvalue weighted by atomic mass is 10.2. The zero-order valence-electron chi connectivity index (χ0n) is 8.55. The van der Waals surface area contributed by atoms with Crippen molar-refractivity contribution in [3.8, 4) is 0 Å². The van der Waals surface area contributed by atoms with Crippen molar-refractivity contribution in [1.82, 2.24) is 4.98 Å². The van der Waals surface area contributed by atoms with Crippen molar-refractivity contribution in [3.63, 3.8) is 0 Å². The van der Waals surface area contributed by atoms with Gasteiger partial charge in [-0.05, 0) is 28.1 Å². The highest BCUT2D eigenvalue weighted by molar-refractivity contribution is 9.10. The molecule has 17 heavy (non-hydrogen) atoms. The van der Waals surface area contributed by atoms with E-state index in [4.69, 9.17) is 5.73 Å². The highest BCUT2D eigenvalue weighted by Gasteiger charge is 2.09. The Hall–Kier alpha value is -1.69. The molecule has 1 aromatic heterocycles. The van der Waals surface area contributed by atoms with Gasteiger partial charge in [0.15, 0.2) is 0 Å². The SMILES string of the molecule is Nc1cncc(Br)c1Nc1cc(F)ccc1F. The summed E-state index contributed by atoms with van der Waals surface area (Å²) in [7, 11) is 0. The second-order valence-electron chi connectivity index (χ2n) is 3.33. The molecule has 0 spiro atoms. The summed E-state index contributed by atoms with van der Waals surface area (Å²) in [6, 6.07) is 3.15. The van der Waals surface area contributed by atoms with Gasteiger partial charge in [0.05, 0.1) is 27.7 Å². The van der Waals surface area contributed by atoms with Gasteiger partial charge < -0.3 is 11.1 Å². The minimum absolute atomic E-state index is 0.0172. The maximum Gasteiger partial charge on any atom is 0.146 e. The van der Waals surface area contributed by atoms with Crippen molar-refractivity contribution < 1.29 is 8.78 Å². The number of nitrogens with one attached hydrogen (secondary N) is 1. The van der Waals surface area contributed by atoms with Gasteiger partial charge in [0, 0.05) is 12.3 Å². The first-order chi connectivity index (χ1) is 8.08. The lowest BCUT2D eigenvalue weighted by Crippen LogP contribution is -2.00. The van der Waals surface area contributed by atoms with Crippen LogP contribution in [0.1, 0.15) is 0 Å². The lowest BCUT2D eigenvalue weighted by molar-refractivity contribution is 0.603. The molecule has 0 aliphatic carbocycles. The van der Waals surface area contributed by atoms with Gasteiger partial charge in [0.2, 0.25) is 0 Å².